The van der Waals surface area contributed by atoms with Crippen LogP contribution >= 0.6 is 0 Å². The van der Waals surface area contributed by atoms with E-state index in [-0.39, 0.29) is 29.8 Å². The van der Waals surface area contributed by atoms with Gasteiger partial charge < -0.3 is 25.3 Å². The number of imidazole rings is 1. The monoisotopic (exact) mass is 411 g/mol. The van der Waals surface area contributed by atoms with Crippen LogP contribution in [-0.2, 0) is 20.7 Å². The molecule has 0 aliphatic carbocycles. The number of aromatic nitrogens is 2. The molecular formula is C22H29N5O3. The minimum absolute atomic E-state index is 0.0353. The van der Waals surface area contributed by atoms with Crippen molar-refractivity contribution in [1.29, 1.82) is 0 Å². The van der Waals surface area contributed by atoms with E-state index in [4.69, 9.17) is 10.5 Å². The number of nitrogens with one attached hydrogen (secondary N) is 1. The van der Waals surface area contributed by atoms with E-state index in [1.807, 2.05) is 36.1 Å². The Bertz CT molecular complexity index is 942. The maximum Gasteiger partial charge on any atom is 0.229 e. The van der Waals surface area contributed by atoms with Gasteiger partial charge in [-0.1, -0.05) is 12.1 Å². The Morgan fingerprint density at radius 2 is 2.27 bits per heavy atom. The third-order valence-electron chi connectivity index (χ3n) is 7.04. The van der Waals surface area contributed by atoms with Gasteiger partial charge in [-0.25, -0.2) is 4.98 Å². The number of carbonyl (C=O) groups is 2. The largest absolute Gasteiger partial charge is 0.368 e. The Morgan fingerprint density at radius 3 is 3.03 bits per heavy atom. The van der Waals surface area contributed by atoms with E-state index >= 15 is 0 Å². The van der Waals surface area contributed by atoms with Gasteiger partial charge in [-0.2, -0.15) is 0 Å². The molecule has 0 saturated carbocycles. The predicted molar refractivity (Wildman–Crippen MR) is 112 cm³/mol. The van der Waals surface area contributed by atoms with Crippen LogP contribution < -0.4 is 5.73 Å². The maximum atomic E-state index is 13.5. The van der Waals surface area contributed by atoms with Crippen LogP contribution in [0.2, 0.25) is 0 Å². The summed E-state index contributed by atoms with van der Waals surface area (Å²) in [6, 6.07) is 7.92. The van der Waals surface area contributed by atoms with Crippen molar-refractivity contribution >= 4 is 22.8 Å². The van der Waals surface area contributed by atoms with E-state index in [0.29, 0.717) is 39.1 Å². The third-order valence-corrected chi connectivity index (χ3v) is 7.04. The molecule has 0 radical (unpaired) electrons. The van der Waals surface area contributed by atoms with Crippen molar-refractivity contribution in [2.45, 2.75) is 37.9 Å². The molecule has 2 bridgehead atoms. The number of aromatic amines is 1. The van der Waals surface area contributed by atoms with Gasteiger partial charge in [-0.15, -0.1) is 0 Å². The number of para-hydroxylation sites is 2. The van der Waals surface area contributed by atoms with Crippen molar-refractivity contribution in [2.75, 3.05) is 32.7 Å². The number of likely N-dealkylation sites (tertiary alicyclic amines) is 1. The van der Waals surface area contributed by atoms with E-state index in [9.17, 15) is 9.59 Å². The van der Waals surface area contributed by atoms with Crippen LogP contribution in [0.4, 0.5) is 0 Å². The Balaban J connectivity index is 1.32. The van der Waals surface area contributed by atoms with Gasteiger partial charge in [0.1, 0.15) is 5.82 Å². The van der Waals surface area contributed by atoms with Crippen LogP contribution in [0, 0.1) is 11.8 Å². The van der Waals surface area contributed by atoms with Gasteiger partial charge in [0, 0.05) is 32.6 Å². The quantitative estimate of drug-likeness (QED) is 0.705. The molecule has 8 heteroatoms. The molecular weight excluding hydrogens is 382 g/mol. The van der Waals surface area contributed by atoms with Gasteiger partial charge in [-0.05, 0) is 31.9 Å². The minimum Gasteiger partial charge on any atom is -0.368 e. The third kappa shape index (κ3) is 2.93. The molecule has 3 saturated heterocycles. The van der Waals surface area contributed by atoms with Crippen LogP contribution in [0.5, 0.6) is 0 Å². The van der Waals surface area contributed by atoms with Gasteiger partial charge >= 0.3 is 0 Å². The molecule has 30 heavy (non-hydrogen) atoms. The molecule has 8 nitrogen and oxygen atoms in total. The lowest BCUT2D eigenvalue weighted by Crippen LogP contribution is -2.47. The molecule has 4 heterocycles. The Morgan fingerprint density at radius 1 is 1.43 bits per heavy atom. The molecule has 160 valence electrons. The van der Waals surface area contributed by atoms with E-state index < -0.39 is 5.60 Å². The zero-order valence-corrected chi connectivity index (χ0v) is 17.3. The van der Waals surface area contributed by atoms with Crippen molar-refractivity contribution in [3.05, 3.63) is 30.1 Å². The fourth-order valence-electron chi connectivity index (χ4n) is 5.67. The first kappa shape index (κ1) is 19.5. The predicted octanol–water partition coefficient (Wildman–Crippen LogP) is 0.919. The Hall–Kier alpha value is -2.45. The number of nitrogens with two attached hydrogens (primary N) is 1. The summed E-state index contributed by atoms with van der Waals surface area (Å²) < 4.78 is 6.29. The molecule has 4 atom stereocenters. The summed E-state index contributed by atoms with van der Waals surface area (Å²) in [5, 5.41) is 0. The average molecular weight is 412 g/mol. The van der Waals surface area contributed by atoms with Crippen molar-refractivity contribution in [3.8, 4) is 0 Å². The number of hydrogen-bond donors (Lipinski definition) is 2. The van der Waals surface area contributed by atoms with Crippen molar-refractivity contribution < 1.29 is 14.3 Å². The van der Waals surface area contributed by atoms with Gasteiger partial charge in [0.2, 0.25) is 11.8 Å². The molecule has 0 unspecified atom stereocenters. The fourth-order valence-corrected chi connectivity index (χ4v) is 5.67. The fraction of sp³-hybridized carbons (Fsp3) is 0.591. The molecule has 1 aromatic heterocycles. The summed E-state index contributed by atoms with van der Waals surface area (Å²) in [6.45, 7) is 4.67. The van der Waals surface area contributed by atoms with Gasteiger partial charge in [0.15, 0.2) is 0 Å². The first-order valence-corrected chi connectivity index (χ1v) is 11.0. The summed E-state index contributed by atoms with van der Waals surface area (Å²) in [4.78, 5) is 38.2. The van der Waals surface area contributed by atoms with Gasteiger partial charge in [0.25, 0.3) is 0 Å². The maximum absolute atomic E-state index is 13.5. The second kappa shape index (κ2) is 7.35. The lowest BCUT2D eigenvalue weighted by Gasteiger charge is -2.31. The molecule has 2 aromatic rings. The normalized spacial score (nSPS) is 29.7. The standard InChI is InChI=1S/C22H29N5O3/c1-2-26(11-8-17-24-14-5-3-4-6-15(14)25-17)20(28)18-16-7-9-22(30-16)13-27(12-10-23)21(29)19(18)22/h3-6,16,18-19H,2,7-13,23H2,1H3,(H,24,25)/t16-,18-,19+,22-/m0/s1. The zero-order chi connectivity index (χ0) is 20.9. The number of carbonyl (C=O) groups excluding carboxylic acids is 2. The number of ether oxygens (including phenoxy) is 1. The molecule has 5 rings (SSSR count). The van der Waals surface area contributed by atoms with Crippen molar-refractivity contribution in [3.63, 3.8) is 0 Å². The smallest absolute Gasteiger partial charge is 0.229 e. The molecule has 1 spiro atoms. The number of benzene rings is 1. The van der Waals surface area contributed by atoms with E-state index in [0.717, 1.165) is 29.7 Å². The number of amides is 2. The topological polar surface area (TPSA) is 105 Å². The van der Waals surface area contributed by atoms with E-state index in [1.54, 1.807) is 4.90 Å². The van der Waals surface area contributed by atoms with Crippen LogP contribution in [0.1, 0.15) is 25.6 Å². The first-order valence-electron chi connectivity index (χ1n) is 11.0. The van der Waals surface area contributed by atoms with Crippen molar-refractivity contribution in [1.82, 2.24) is 19.8 Å². The molecule has 3 aliphatic rings. The summed E-state index contributed by atoms with van der Waals surface area (Å²) in [5.41, 5.74) is 7.13. The number of nitrogens with zero attached hydrogens (tertiary/aromatic N) is 3. The lowest BCUT2D eigenvalue weighted by molar-refractivity contribution is -0.144. The lowest BCUT2D eigenvalue weighted by atomic mass is 9.72. The highest BCUT2D eigenvalue weighted by Gasteiger charge is 2.68. The summed E-state index contributed by atoms with van der Waals surface area (Å²) in [6.07, 6.45) is 2.20. The molecule has 2 amide bonds. The number of hydrogen-bond acceptors (Lipinski definition) is 5. The highest BCUT2D eigenvalue weighted by molar-refractivity contribution is 5.92. The first-order chi connectivity index (χ1) is 14.6. The second-order valence-electron chi connectivity index (χ2n) is 8.68. The van der Waals surface area contributed by atoms with Crippen LogP contribution in [-0.4, -0.2) is 76.0 Å². The highest BCUT2D eigenvalue weighted by atomic mass is 16.5. The number of fused-ring (bicyclic) bond motifs is 2. The van der Waals surface area contributed by atoms with E-state index in [1.165, 1.54) is 0 Å². The Kier molecular flexibility index (Phi) is 4.78. The molecule has 3 N–H and O–H groups in total. The van der Waals surface area contributed by atoms with Gasteiger partial charge in [0.05, 0.1) is 41.1 Å². The number of likely N-dealkylation sites (N-methyl/N-ethyl adjacent to an activating group) is 1. The zero-order valence-electron chi connectivity index (χ0n) is 17.3. The van der Waals surface area contributed by atoms with Crippen LogP contribution in [0.3, 0.4) is 0 Å². The van der Waals surface area contributed by atoms with Gasteiger partial charge in [-0.3, -0.25) is 9.59 Å². The highest BCUT2D eigenvalue weighted by Crippen LogP contribution is 2.55. The molecule has 3 aliphatic heterocycles. The summed E-state index contributed by atoms with van der Waals surface area (Å²) in [7, 11) is 0. The van der Waals surface area contributed by atoms with Crippen molar-refractivity contribution in [2.24, 2.45) is 17.6 Å². The SMILES string of the molecule is CCN(CCc1nc2ccccc2[nH]1)C(=O)[C@H]1[C@@H]2CC[C@@]3(CN(CCN)C(=O)[C@@H]13)O2. The molecule has 1 aromatic carbocycles. The Labute approximate surface area is 175 Å². The second-order valence-corrected chi connectivity index (χ2v) is 8.68. The van der Waals surface area contributed by atoms with Crippen LogP contribution in [0.25, 0.3) is 11.0 Å². The minimum atomic E-state index is -0.491. The summed E-state index contributed by atoms with van der Waals surface area (Å²) >= 11 is 0. The number of H-pyrrole nitrogens is 1. The average Bonchev–Trinajstić information content (AvgIpc) is 3.48. The van der Waals surface area contributed by atoms with E-state index in [2.05, 4.69) is 9.97 Å². The molecule has 3 fully saturated rings. The summed E-state index contributed by atoms with van der Waals surface area (Å²) in [5.74, 6) is 0.192. The number of rotatable bonds is 7. The van der Waals surface area contributed by atoms with Crippen LogP contribution in [0.15, 0.2) is 24.3 Å².